The average molecular weight is 238 g/mol. The van der Waals surface area contributed by atoms with Crippen LogP contribution < -0.4 is 4.74 Å². The lowest BCUT2D eigenvalue weighted by Crippen LogP contribution is -2.12. The first-order chi connectivity index (χ1) is 8.11. The Hall–Kier alpha value is -2.04. The van der Waals surface area contributed by atoms with Crippen molar-refractivity contribution in [1.29, 1.82) is 0 Å². The summed E-state index contributed by atoms with van der Waals surface area (Å²) in [5.41, 5.74) is 0. The molecule has 1 aromatic carbocycles. The molecule has 0 aromatic heterocycles. The number of carbonyl (C=O) groups is 2. The Morgan fingerprint density at radius 2 is 1.71 bits per heavy atom. The van der Waals surface area contributed by atoms with Crippen LogP contribution in [0.5, 0.6) is 11.5 Å². The van der Waals surface area contributed by atoms with Gasteiger partial charge in [-0.1, -0.05) is 0 Å². The van der Waals surface area contributed by atoms with Crippen molar-refractivity contribution in [2.45, 2.75) is 19.8 Å². The van der Waals surface area contributed by atoms with Gasteiger partial charge in [-0.25, -0.2) is 0 Å². The Balaban J connectivity index is 2.34. The fourth-order valence-electron chi connectivity index (χ4n) is 1.13. The second kappa shape index (κ2) is 6.52. The molecule has 5 heteroatoms. The molecule has 0 saturated carbocycles. The normalized spacial score (nSPS) is 9.71. The lowest BCUT2D eigenvalue weighted by molar-refractivity contribution is -0.146. The van der Waals surface area contributed by atoms with Gasteiger partial charge in [0, 0.05) is 0 Å². The van der Waals surface area contributed by atoms with Gasteiger partial charge in [0.15, 0.2) is 0 Å². The fourth-order valence-corrected chi connectivity index (χ4v) is 1.13. The molecule has 0 saturated heterocycles. The molecular weight excluding hydrogens is 224 g/mol. The summed E-state index contributed by atoms with van der Waals surface area (Å²) in [5.74, 6) is -0.508. The first-order valence-electron chi connectivity index (χ1n) is 5.27. The number of aromatic hydroxyl groups is 1. The van der Waals surface area contributed by atoms with Gasteiger partial charge in [-0.2, -0.15) is 0 Å². The van der Waals surface area contributed by atoms with Crippen molar-refractivity contribution < 1.29 is 24.2 Å². The van der Waals surface area contributed by atoms with E-state index in [0.29, 0.717) is 12.4 Å². The first-order valence-corrected chi connectivity index (χ1v) is 5.27. The van der Waals surface area contributed by atoms with Crippen molar-refractivity contribution >= 4 is 11.9 Å². The molecule has 17 heavy (non-hydrogen) atoms. The maximum atomic E-state index is 11.3. The SMILES string of the molecule is CCOC(=O)CCC(=O)Oc1ccc(O)cc1. The summed E-state index contributed by atoms with van der Waals surface area (Å²) in [6.45, 7) is 2.00. The second-order valence-electron chi connectivity index (χ2n) is 3.27. The van der Waals surface area contributed by atoms with Crippen LogP contribution in [0, 0.1) is 0 Å². The predicted octanol–water partition coefficient (Wildman–Crippen LogP) is 1.64. The monoisotopic (exact) mass is 238 g/mol. The van der Waals surface area contributed by atoms with E-state index in [4.69, 9.17) is 9.84 Å². The van der Waals surface area contributed by atoms with E-state index in [1.54, 1.807) is 6.92 Å². The molecule has 0 aliphatic heterocycles. The minimum atomic E-state index is -0.510. The molecule has 0 amide bonds. The van der Waals surface area contributed by atoms with Crippen molar-refractivity contribution in [2.75, 3.05) is 6.61 Å². The van der Waals surface area contributed by atoms with Crippen molar-refractivity contribution in [3.8, 4) is 11.5 Å². The molecule has 0 aliphatic carbocycles. The van der Waals surface area contributed by atoms with E-state index in [2.05, 4.69) is 4.74 Å². The molecular formula is C12H14O5. The third-order valence-corrected chi connectivity index (χ3v) is 1.91. The Morgan fingerprint density at radius 3 is 2.29 bits per heavy atom. The minimum absolute atomic E-state index is 0.00472. The number of esters is 2. The Kier molecular flexibility index (Phi) is 5.00. The van der Waals surface area contributed by atoms with Gasteiger partial charge in [0.25, 0.3) is 0 Å². The smallest absolute Gasteiger partial charge is 0.311 e. The van der Waals surface area contributed by atoms with Gasteiger partial charge in [0.05, 0.1) is 19.4 Å². The molecule has 92 valence electrons. The molecule has 0 atom stereocenters. The highest BCUT2D eigenvalue weighted by Crippen LogP contribution is 2.16. The molecule has 1 rings (SSSR count). The topological polar surface area (TPSA) is 72.8 Å². The van der Waals surface area contributed by atoms with Gasteiger partial charge in [-0.15, -0.1) is 0 Å². The first kappa shape index (κ1) is 13.0. The Morgan fingerprint density at radius 1 is 1.12 bits per heavy atom. The molecule has 0 fully saturated rings. The van der Waals surface area contributed by atoms with Crippen LogP contribution in [0.1, 0.15) is 19.8 Å². The zero-order chi connectivity index (χ0) is 12.7. The molecule has 0 aliphatic rings. The van der Waals surface area contributed by atoms with Gasteiger partial charge >= 0.3 is 11.9 Å². The highest BCUT2D eigenvalue weighted by Gasteiger charge is 2.09. The van der Waals surface area contributed by atoms with Crippen LogP contribution in [-0.4, -0.2) is 23.7 Å². The number of benzene rings is 1. The molecule has 0 bridgehead atoms. The molecule has 0 radical (unpaired) electrons. The Bertz CT molecular complexity index is 382. The van der Waals surface area contributed by atoms with Gasteiger partial charge in [0.2, 0.25) is 0 Å². The van der Waals surface area contributed by atoms with Gasteiger partial charge in [-0.05, 0) is 31.2 Å². The third-order valence-electron chi connectivity index (χ3n) is 1.91. The van der Waals surface area contributed by atoms with Gasteiger partial charge < -0.3 is 14.6 Å². The summed E-state index contributed by atoms with van der Waals surface area (Å²) in [7, 11) is 0. The molecule has 1 aromatic rings. The van der Waals surface area contributed by atoms with Crippen LogP contribution in [0.25, 0.3) is 0 Å². The second-order valence-corrected chi connectivity index (χ2v) is 3.27. The highest BCUT2D eigenvalue weighted by molar-refractivity contribution is 5.78. The molecule has 5 nitrogen and oxygen atoms in total. The van der Waals surface area contributed by atoms with Crippen LogP contribution in [0.15, 0.2) is 24.3 Å². The summed E-state index contributed by atoms with van der Waals surface area (Å²) < 4.78 is 9.62. The highest BCUT2D eigenvalue weighted by atomic mass is 16.5. The number of hydrogen-bond donors (Lipinski definition) is 1. The van der Waals surface area contributed by atoms with Crippen LogP contribution in [-0.2, 0) is 14.3 Å². The van der Waals surface area contributed by atoms with Crippen LogP contribution in [0.3, 0.4) is 0 Å². The average Bonchev–Trinajstić information content (AvgIpc) is 2.30. The third kappa shape index (κ3) is 5.01. The number of ether oxygens (including phenoxy) is 2. The standard InChI is InChI=1S/C12H14O5/c1-2-16-11(14)7-8-12(15)17-10-5-3-9(13)4-6-10/h3-6,13H,2,7-8H2,1H3. The van der Waals surface area contributed by atoms with Crippen molar-refractivity contribution in [1.82, 2.24) is 0 Å². The van der Waals surface area contributed by atoms with Crippen LogP contribution >= 0.6 is 0 Å². The maximum absolute atomic E-state index is 11.3. The van der Waals surface area contributed by atoms with E-state index in [-0.39, 0.29) is 18.6 Å². The van der Waals surface area contributed by atoms with Crippen molar-refractivity contribution in [3.63, 3.8) is 0 Å². The summed E-state index contributed by atoms with van der Waals surface area (Å²) in [6.07, 6.45) is -0.0233. The quantitative estimate of drug-likeness (QED) is 0.623. The lowest BCUT2D eigenvalue weighted by atomic mass is 10.3. The number of phenolic OH excluding ortho intramolecular Hbond substituents is 1. The summed E-state index contributed by atoms with van der Waals surface area (Å²) in [5, 5.41) is 9.02. The number of phenols is 1. The van der Waals surface area contributed by atoms with Crippen molar-refractivity contribution in [3.05, 3.63) is 24.3 Å². The molecule has 0 heterocycles. The van der Waals surface area contributed by atoms with E-state index in [0.717, 1.165) is 0 Å². The van der Waals surface area contributed by atoms with Gasteiger partial charge in [-0.3, -0.25) is 9.59 Å². The molecule has 1 N–H and O–H groups in total. The van der Waals surface area contributed by atoms with E-state index < -0.39 is 11.9 Å². The Labute approximate surface area is 99.0 Å². The lowest BCUT2D eigenvalue weighted by Gasteiger charge is -2.04. The zero-order valence-electron chi connectivity index (χ0n) is 9.51. The maximum Gasteiger partial charge on any atom is 0.311 e. The predicted molar refractivity (Wildman–Crippen MR) is 59.6 cm³/mol. The molecule has 0 unspecified atom stereocenters. The summed E-state index contributed by atoms with van der Waals surface area (Å²) in [4.78, 5) is 22.3. The van der Waals surface area contributed by atoms with E-state index in [9.17, 15) is 9.59 Å². The number of rotatable bonds is 5. The number of carbonyl (C=O) groups excluding carboxylic acids is 2. The van der Waals surface area contributed by atoms with Crippen LogP contribution in [0.4, 0.5) is 0 Å². The fraction of sp³-hybridized carbons (Fsp3) is 0.333. The van der Waals surface area contributed by atoms with Gasteiger partial charge in [0.1, 0.15) is 11.5 Å². The number of hydrogen-bond acceptors (Lipinski definition) is 5. The minimum Gasteiger partial charge on any atom is -0.508 e. The van der Waals surface area contributed by atoms with E-state index in [1.807, 2.05) is 0 Å². The largest absolute Gasteiger partial charge is 0.508 e. The van der Waals surface area contributed by atoms with E-state index >= 15 is 0 Å². The molecule has 0 spiro atoms. The summed E-state index contributed by atoms with van der Waals surface area (Å²) >= 11 is 0. The van der Waals surface area contributed by atoms with Crippen LogP contribution in [0.2, 0.25) is 0 Å². The van der Waals surface area contributed by atoms with Crippen molar-refractivity contribution in [2.24, 2.45) is 0 Å². The summed E-state index contributed by atoms with van der Waals surface area (Å²) in [6, 6.07) is 5.76. The van der Waals surface area contributed by atoms with E-state index in [1.165, 1.54) is 24.3 Å². The zero-order valence-corrected chi connectivity index (χ0v) is 9.51.